The molecule has 19 heavy (non-hydrogen) atoms. The molecule has 104 valence electrons. The Balaban J connectivity index is 2.25. The molecular weight excluding hydrogens is 326 g/mol. The molecule has 1 heterocycles. The quantitative estimate of drug-likeness (QED) is 0.727. The number of alkyl halides is 1. The monoisotopic (exact) mass is 343 g/mol. The Kier molecular flexibility index (Phi) is 5.28. The van der Waals surface area contributed by atoms with E-state index in [9.17, 15) is 4.79 Å². The molecule has 1 fully saturated rings. The van der Waals surface area contributed by atoms with Crippen LogP contribution in [0.3, 0.4) is 0 Å². The maximum absolute atomic E-state index is 12.7. The highest BCUT2D eigenvalue weighted by molar-refractivity contribution is 9.09. The van der Waals surface area contributed by atoms with Crippen LogP contribution in [0.15, 0.2) is 18.2 Å². The van der Waals surface area contributed by atoms with Crippen LogP contribution in [0.5, 0.6) is 0 Å². The summed E-state index contributed by atoms with van der Waals surface area (Å²) in [6.07, 6.45) is 4.55. The van der Waals surface area contributed by atoms with Gasteiger partial charge in [0.2, 0.25) is 0 Å². The van der Waals surface area contributed by atoms with Crippen LogP contribution >= 0.6 is 27.5 Å². The zero-order valence-corrected chi connectivity index (χ0v) is 13.5. The number of carbonyl (C=O) groups excluding carboxylic acids is 1. The predicted octanol–water partition coefficient (Wildman–Crippen LogP) is 4.43. The Morgan fingerprint density at radius 1 is 1.42 bits per heavy atom. The summed E-state index contributed by atoms with van der Waals surface area (Å²) in [6.45, 7) is 2.81. The number of carbonyl (C=O) groups is 1. The number of likely N-dealkylation sites (tertiary alicyclic amines) is 1. The molecule has 2 nitrogen and oxygen atoms in total. The van der Waals surface area contributed by atoms with Crippen molar-refractivity contribution in [2.45, 2.75) is 38.6 Å². The number of hydrogen-bond acceptors (Lipinski definition) is 1. The Morgan fingerprint density at radius 2 is 2.21 bits per heavy atom. The van der Waals surface area contributed by atoms with Crippen LogP contribution in [0.1, 0.15) is 41.6 Å². The van der Waals surface area contributed by atoms with E-state index in [2.05, 4.69) is 15.9 Å². The van der Waals surface area contributed by atoms with Gasteiger partial charge in [0.25, 0.3) is 5.91 Å². The van der Waals surface area contributed by atoms with Crippen molar-refractivity contribution in [2.75, 3.05) is 11.9 Å². The normalized spacial score (nSPS) is 20.2. The summed E-state index contributed by atoms with van der Waals surface area (Å²) in [5.74, 6) is 0.0661. The highest BCUT2D eigenvalue weighted by Crippen LogP contribution is 2.24. The van der Waals surface area contributed by atoms with Crippen molar-refractivity contribution >= 4 is 33.4 Å². The third-order valence-electron chi connectivity index (χ3n) is 3.67. The van der Waals surface area contributed by atoms with Crippen LogP contribution in [0.2, 0.25) is 5.02 Å². The fraction of sp³-hybridized carbons (Fsp3) is 0.533. The van der Waals surface area contributed by atoms with E-state index in [1.54, 1.807) is 0 Å². The summed E-state index contributed by atoms with van der Waals surface area (Å²) in [7, 11) is 0. The SMILES string of the molecule is Cc1ccc(C(=O)N2CCCCCC2CBr)c(Cl)c1. The Bertz CT molecular complexity index is 463. The first-order valence-corrected chi connectivity index (χ1v) is 8.26. The van der Waals surface area contributed by atoms with Crippen LogP contribution in [0.25, 0.3) is 0 Å². The topological polar surface area (TPSA) is 20.3 Å². The van der Waals surface area contributed by atoms with Crippen molar-refractivity contribution in [2.24, 2.45) is 0 Å². The maximum Gasteiger partial charge on any atom is 0.255 e. The molecule has 0 aromatic heterocycles. The summed E-state index contributed by atoms with van der Waals surface area (Å²) in [5, 5.41) is 1.39. The van der Waals surface area contributed by atoms with Gasteiger partial charge in [-0.15, -0.1) is 0 Å². The molecule has 0 spiro atoms. The lowest BCUT2D eigenvalue weighted by Gasteiger charge is -2.29. The van der Waals surface area contributed by atoms with E-state index in [1.165, 1.54) is 12.8 Å². The highest BCUT2D eigenvalue weighted by Gasteiger charge is 2.26. The molecule has 1 aromatic rings. The van der Waals surface area contributed by atoms with E-state index < -0.39 is 0 Å². The molecule has 1 amide bonds. The van der Waals surface area contributed by atoms with Crippen molar-refractivity contribution in [1.29, 1.82) is 0 Å². The summed E-state index contributed by atoms with van der Waals surface area (Å²) in [4.78, 5) is 14.7. The van der Waals surface area contributed by atoms with Gasteiger partial charge in [-0.25, -0.2) is 0 Å². The fourth-order valence-corrected chi connectivity index (χ4v) is 3.54. The number of nitrogens with zero attached hydrogens (tertiary/aromatic N) is 1. The second-order valence-corrected chi connectivity index (χ2v) is 6.19. The van der Waals surface area contributed by atoms with Gasteiger partial charge >= 0.3 is 0 Å². The smallest absolute Gasteiger partial charge is 0.255 e. The second-order valence-electron chi connectivity index (χ2n) is 5.14. The molecule has 0 N–H and O–H groups in total. The van der Waals surface area contributed by atoms with Crippen molar-refractivity contribution in [3.8, 4) is 0 Å². The minimum Gasteiger partial charge on any atom is -0.335 e. The van der Waals surface area contributed by atoms with Gasteiger partial charge in [0.1, 0.15) is 0 Å². The van der Waals surface area contributed by atoms with Crippen molar-refractivity contribution < 1.29 is 4.79 Å². The molecule has 1 aliphatic rings. The van der Waals surface area contributed by atoms with E-state index >= 15 is 0 Å². The molecule has 1 aliphatic heterocycles. The molecule has 1 unspecified atom stereocenters. The fourth-order valence-electron chi connectivity index (χ4n) is 2.55. The second kappa shape index (κ2) is 6.76. The molecule has 0 saturated carbocycles. The lowest BCUT2D eigenvalue weighted by molar-refractivity contribution is 0.0702. The number of halogens is 2. The first kappa shape index (κ1) is 14.9. The number of amides is 1. The van der Waals surface area contributed by atoms with E-state index in [0.29, 0.717) is 10.6 Å². The third kappa shape index (κ3) is 3.51. The molecule has 2 rings (SSSR count). The Hall–Kier alpha value is -0.540. The van der Waals surface area contributed by atoms with E-state index in [0.717, 1.165) is 30.3 Å². The summed E-state index contributed by atoms with van der Waals surface area (Å²) in [5.41, 5.74) is 1.70. The minimum absolute atomic E-state index is 0.0661. The molecule has 0 aliphatic carbocycles. The molecular formula is C15H19BrClNO. The van der Waals surface area contributed by atoms with Crippen molar-refractivity contribution in [1.82, 2.24) is 4.90 Å². The van der Waals surface area contributed by atoms with Crippen molar-refractivity contribution in [3.63, 3.8) is 0 Å². The zero-order chi connectivity index (χ0) is 13.8. The molecule has 0 radical (unpaired) electrons. The standard InChI is InChI=1S/C15H19BrClNO/c1-11-6-7-13(14(17)9-11)15(19)18-8-4-2-3-5-12(18)10-16/h6-7,9,12H,2-5,8,10H2,1H3. The van der Waals surface area contributed by atoms with Gasteiger partial charge in [-0.3, -0.25) is 4.79 Å². The summed E-state index contributed by atoms with van der Waals surface area (Å²) in [6, 6.07) is 5.93. The van der Waals surface area contributed by atoms with Crippen LogP contribution in [0, 0.1) is 6.92 Å². The van der Waals surface area contributed by atoms with Crippen molar-refractivity contribution in [3.05, 3.63) is 34.3 Å². The van der Waals surface area contributed by atoms with Crippen LogP contribution in [-0.2, 0) is 0 Å². The highest BCUT2D eigenvalue weighted by atomic mass is 79.9. The molecule has 1 saturated heterocycles. The largest absolute Gasteiger partial charge is 0.335 e. The number of benzene rings is 1. The number of hydrogen-bond donors (Lipinski definition) is 0. The number of rotatable bonds is 2. The van der Waals surface area contributed by atoms with Gasteiger partial charge in [-0.2, -0.15) is 0 Å². The summed E-state index contributed by atoms with van der Waals surface area (Å²) < 4.78 is 0. The van der Waals surface area contributed by atoms with Gasteiger partial charge in [0.05, 0.1) is 10.6 Å². The average molecular weight is 345 g/mol. The Morgan fingerprint density at radius 3 is 2.89 bits per heavy atom. The molecule has 4 heteroatoms. The number of aryl methyl sites for hydroxylation is 1. The molecule has 1 atom stereocenters. The lowest BCUT2D eigenvalue weighted by Crippen LogP contribution is -2.41. The van der Waals surface area contributed by atoms with E-state index in [4.69, 9.17) is 11.6 Å². The average Bonchev–Trinajstić information content (AvgIpc) is 2.63. The van der Waals surface area contributed by atoms with Crippen LogP contribution < -0.4 is 0 Å². The van der Waals surface area contributed by atoms with Crippen LogP contribution in [-0.4, -0.2) is 28.7 Å². The third-order valence-corrected chi connectivity index (χ3v) is 4.73. The maximum atomic E-state index is 12.7. The van der Waals surface area contributed by atoms with Gasteiger partial charge in [-0.05, 0) is 37.5 Å². The summed E-state index contributed by atoms with van der Waals surface area (Å²) >= 11 is 9.75. The Labute approximate surface area is 128 Å². The molecule has 1 aromatic carbocycles. The van der Waals surface area contributed by atoms with Gasteiger partial charge in [0, 0.05) is 17.9 Å². The van der Waals surface area contributed by atoms with Gasteiger partial charge in [0.15, 0.2) is 0 Å². The first-order chi connectivity index (χ1) is 9.13. The first-order valence-electron chi connectivity index (χ1n) is 6.76. The van der Waals surface area contributed by atoms with Gasteiger partial charge < -0.3 is 4.90 Å². The zero-order valence-electron chi connectivity index (χ0n) is 11.2. The molecule has 0 bridgehead atoms. The van der Waals surface area contributed by atoms with E-state index in [1.807, 2.05) is 30.0 Å². The van der Waals surface area contributed by atoms with Crippen LogP contribution in [0.4, 0.5) is 0 Å². The minimum atomic E-state index is 0.0661. The van der Waals surface area contributed by atoms with Gasteiger partial charge in [-0.1, -0.05) is 46.4 Å². The predicted molar refractivity (Wildman–Crippen MR) is 83.3 cm³/mol. The van der Waals surface area contributed by atoms with E-state index in [-0.39, 0.29) is 11.9 Å². The lowest BCUT2D eigenvalue weighted by atomic mass is 10.1.